The molecule has 4 aromatic carbocycles. The first-order chi connectivity index (χ1) is 20.2. The van der Waals surface area contributed by atoms with E-state index in [1.807, 2.05) is 18.2 Å². The molecule has 0 saturated carbocycles. The van der Waals surface area contributed by atoms with Gasteiger partial charge in [-0.25, -0.2) is 10.2 Å². The number of para-hydroxylation sites is 1. The van der Waals surface area contributed by atoms with Gasteiger partial charge in [-0.15, -0.1) is 0 Å². The van der Waals surface area contributed by atoms with Gasteiger partial charge >= 0.3 is 5.97 Å². The summed E-state index contributed by atoms with van der Waals surface area (Å²) >= 11 is 25.9. The van der Waals surface area contributed by atoms with E-state index in [1.165, 1.54) is 19.4 Å². The van der Waals surface area contributed by atoms with E-state index in [4.69, 9.17) is 44.3 Å². The van der Waals surface area contributed by atoms with E-state index in [-0.39, 0.29) is 17.0 Å². The van der Waals surface area contributed by atoms with Crippen LogP contribution in [0.3, 0.4) is 0 Å². The molecule has 5 rings (SSSR count). The van der Waals surface area contributed by atoms with E-state index in [9.17, 15) is 9.59 Å². The molecule has 42 heavy (non-hydrogen) atoms. The predicted molar refractivity (Wildman–Crippen MR) is 174 cm³/mol. The lowest BCUT2D eigenvalue weighted by molar-refractivity contribution is 0.0729. The minimum atomic E-state index is -0.699. The van der Waals surface area contributed by atoms with Crippen molar-refractivity contribution in [2.45, 2.75) is 0 Å². The lowest BCUT2D eigenvalue weighted by Crippen LogP contribution is -2.19. The van der Waals surface area contributed by atoms with Crippen molar-refractivity contribution in [2.75, 3.05) is 7.11 Å². The van der Waals surface area contributed by atoms with Gasteiger partial charge in [0.1, 0.15) is 17.0 Å². The number of amides is 1. The molecule has 1 amide bonds. The topological polar surface area (TPSA) is 92.8 Å². The number of carbonyl (C=O) groups excluding carboxylic acids is 2. The third kappa shape index (κ3) is 6.21. The van der Waals surface area contributed by atoms with Crippen LogP contribution in [-0.2, 0) is 0 Å². The lowest BCUT2D eigenvalue weighted by Gasteiger charge is -2.12. The molecule has 212 valence electrons. The maximum atomic E-state index is 13.4. The van der Waals surface area contributed by atoms with Gasteiger partial charge in [-0.3, -0.25) is 4.79 Å². The van der Waals surface area contributed by atoms with E-state index in [0.717, 1.165) is 5.39 Å². The number of aromatic nitrogens is 1. The number of esters is 1. The van der Waals surface area contributed by atoms with Crippen LogP contribution in [-0.4, -0.2) is 30.2 Å². The molecule has 5 aromatic rings. The van der Waals surface area contributed by atoms with E-state index < -0.39 is 11.9 Å². The second-order valence-corrected chi connectivity index (χ2v) is 11.8. The first kappa shape index (κ1) is 30.1. The van der Waals surface area contributed by atoms with E-state index in [0.29, 0.717) is 52.0 Å². The van der Waals surface area contributed by atoms with Crippen molar-refractivity contribution >= 4 is 95.7 Å². The second kappa shape index (κ2) is 12.9. The van der Waals surface area contributed by atoms with E-state index >= 15 is 0 Å². The van der Waals surface area contributed by atoms with Crippen LogP contribution in [0.4, 0.5) is 0 Å². The smallest absolute Gasteiger partial charge is 0.347 e. The number of nitrogens with one attached hydrogen (secondary N) is 2. The van der Waals surface area contributed by atoms with Gasteiger partial charge in [0.05, 0.1) is 28.3 Å². The van der Waals surface area contributed by atoms with Gasteiger partial charge in [0.25, 0.3) is 5.91 Å². The second-order valence-electron chi connectivity index (χ2n) is 8.76. The summed E-state index contributed by atoms with van der Waals surface area (Å²) in [4.78, 5) is 29.6. The van der Waals surface area contributed by atoms with Crippen LogP contribution in [0.2, 0.25) is 15.1 Å². The van der Waals surface area contributed by atoms with Crippen LogP contribution in [0.5, 0.6) is 11.5 Å². The van der Waals surface area contributed by atoms with E-state index in [1.54, 1.807) is 48.5 Å². The van der Waals surface area contributed by atoms with Crippen molar-refractivity contribution in [2.24, 2.45) is 5.10 Å². The highest BCUT2D eigenvalue weighted by atomic mass is 79.9. The number of hydrazone groups is 1. The SMILES string of the molecule is COc1ccc(Cl)cc1C(=O)Oc1c(Br)cc(Br)cc1C=NNC(=O)c1[nH]c2c(Cl)cccc2c1-c1ccccc1Cl. The van der Waals surface area contributed by atoms with Gasteiger partial charge in [-0.05, 0) is 58.4 Å². The van der Waals surface area contributed by atoms with Gasteiger partial charge in [0, 0.05) is 36.6 Å². The highest BCUT2D eigenvalue weighted by molar-refractivity contribution is 9.11. The molecular weight excluding hydrogens is 733 g/mol. The Morgan fingerprint density at radius 1 is 0.952 bits per heavy atom. The number of H-pyrrole nitrogens is 1. The monoisotopic (exact) mass is 747 g/mol. The summed E-state index contributed by atoms with van der Waals surface area (Å²) < 4.78 is 12.1. The average molecular weight is 751 g/mol. The van der Waals surface area contributed by atoms with E-state index in [2.05, 4.69) is 47.4 Å². The van der Waals surface area contributed by atoms with Crippen LogP contribution in [0.25, 0.3) is 22.0 Å². The number of halogens is 5. The summed E-state index contributed by atoms with van der Waals surface area (Å²) in [5.74, 6) is -0.773. The number of carbonyl (C=O) groups is 2. The fourth-order valence-corrected chi connectivity index (χ4v) is 6.25. The molecule has 0 radical (unpaired) electrons. The minimum Gasteiger partial charge on any atom is -0.496 e. The zero-order valence-corrected chi connectivity index (χ0v) is 26.9. The number of nitrogens with zero attached hydrogens (tertiary/aromatic N) is 1. The van der Waals surface area contributed by atoms with Gasteiger partial charge in [-0.2, -0.15) is 5.10 Å². The van der Waals surface area contributed by atoms with Gasteiger partial charge in [0.2, 0.25) is 0 Å². The normalized spacial score (nSPS) is 11.2. The molecule has 1 heterocycles. The molecule has 0 aliphatic rings. The summed E-state index contributed by atoms with van der Waals surface area (Å²) in [7, 11) is 1.44. The molecular formula is C30H18Br2Cl3N3O4. The standard InChI is InChI=1S/C30H18Br2Cl3N3O4/c1-41-24-10-9-17(33)13-20(24)30(40)42-28-15(11-16(31)12-21(28)32)14-36-38-29(39)27-25(18-5-2-3-7-22(18)34)19-6-4-8-23(35)26(19)37-27/h2-14,37H,1H3,(H,38,39). The van der Waals surface area contributed by atoms with Gasteiger partial charge in [-0.1, -0.05) is 81.1 Å². The minimum absolute atomic E-state index is 0.139. The summed E-state index contributed by atoms with van der Waals surface area (Å²) in [6.45, 7) is 0. The summed E-state index contributed by atoms with van der Waals surface area (Å²) in [6, 6.07) is 20.6. The molecule has 0 unspecified atom stereocenters. The fraction of sp³-hybridized carbons (Fsp3) is 0.0333. The number of hydrogen-bond acceptors (Lipinski definition) is 5. The number of methoxy groups -OCH3 is 1. The van der Waals surface area contributed by atoms with Crippen molar-refractivity contribution in [3.63, 3.8) is 0 Å². The Labute approximate surface area is 272 Å². The van der Waals surface area contributed by atoms with Gasteiger partial charge < -0.3 is 14.5 Å². The number of benzene rings is 4. The van der Waals surface area contributed by atoms with Crippen molar-refractivity contribution < 1.29 is 19.1 Å². The highest BCUT2D eigenvalue weighted by Gasteiger charge is 2.22. The molecule has 7 nitrogen and oxygen atoms in total. The van der Waals surface area contributed by atoms with Crippen molar-refractivity contribution in [3.8, 4) is 22.6 Å². The molecule has 0 atom stereocenters. The summed E-state index contributed by atoms with van der Waals surface area (Å²) in [6.07, 6.45) is 1.36. The molecule has 1 aromatic heterocycles. The maximum Gasteiger partial charge on any atom is 0.347 e. The number of fused-ring (bicyclic) bond motifs is 1. The van der Waals surface area contributed by atoms with Gasteiger partial charge in [0.15, 0.2) is 5.75 Å². The van der Waals surface area contributed by atoms with Crippen molar-refractivity contribution in [1.29, 1.82) is 0 Å². The van der Waals surface area contributed by atoms with Crippen LogP contribution >= 0.6 is 66.7 Å². The van der Waals surface area contributed by atoms with Crippen molar-refractivity contribution in [1.82, 2.24) is 10.4 Å². The Morgan fingerprint density at radius 2 is 1.71 bits per heavy atom. The number of ether oxygens (including phenoxy) is 2. The first-order valence-corrected chi connectivity index (χ1v) is 14.8. The maximum absolute atomic E-state index is 13.4. The molecule has 0 aliphatic carbocycles. The summed E-state index contributed by atoms with van der Waals surface area (Å²) in [5, 5.41) is 6.14. The third-order valence-electron chi connectivity index (χ3n) is 6.14. The molecule has 0 bridgehead atoms. The van der Waals surface area contributed by atoms with Crippen LogP contribution < -0.4 is 14.9 Å². The Hall–Kier alpha value is -3.34. The number of aromatic amines is 1. The first-order valence-electron chi connectivity index (χ1n) is 12.1. The average Bonchev–Trinajstić information content (AvgIpc) is 3.35. The largest absolute Gasteiger partial charge is 0.496 e. The molecule has 12 heteroatoms. The molecule has 0 aliphatic heterocycles. The molecule has 0 spiro atoms. The zero-order valence-electron chi connectivity index (χ0n) is 21.5. The van der Waals surface area contributed by atoms with Crippen LogP contribution in [0, 0.1) is 0 Å². The highest BCUT2D eigenvalue weighted by Crippen LogP contribution is 2.39. The quantitative estimate of drug-likeness (QED) is 0.0751. The Morgan fingerprint density at radius 3 is 2.48 bits per heavy atom. The van der Waals surface area contributed by atoms with Crippen LogP contribution in [0.15, 0.2) is 86.8 Å². The summed E-state index contributed by atoms with van der Waals surface area (Å²) in [5.41, 5.74) is 5.11. The number of rotatable bonds is 7. The Bertz CT molecular complexity index is 1890. The Balaban J connectivity index is 1.47. The zero-order chi connectivity index (χ0) is 30.0. The Kier molecular flexibility index (Phi) is 9.25. The van der Waals surface area contributed by atoms with Crippen molar-refractivity contribution in [3.05, 3.63) is 114 Å². The fourth-order valence-electron chi connectivity index (χ4n) is 4.28. The third-order valence-corrected chi connectivity index (χ3v) is 8.06. The molecule has 0 saturated heterocycles. The lowest BCUT2D eigenvalue weighted by atomic mass is 10.0. The van der Waals surface area contributed by atoms with Crippen LogP contribution in [0.1, 0.15) is 26.4 Å². The molecule has 2 N–H and O–H groups in total. The number of hydrogen-bond donors (Lipinski definition) is 2. The predicted octanol–water partition coefficient (Wildman–Crippen LogP) is 9.31. The molecule has 0 fully saturated rings.